The van der Waals surface area contributed by atoms with E-state index in [0.717, 1.165) is 59.2 Å². The molecule has 0 atom stereocenters. The van der Waals surface area contributed by atoms with E-state index in [9.17, 15) is 59.8 Å². The van der Waals surface area contributed by atoms with Crippen molar-refractivity contribution < 1.29 is 105 Å². The van der Waals surface area contributed by atoms with Gasteiger partial charge in [0.15, 0.2) is 0 Å². The normalized spacial score (nSPS) is 8.67. The third-order valence-electron chi connectivity index (χ3n) is 6.51. The molecule has 0 aliphatic carbocycles. The van der Waals surface area contributed by atoms with Crippen LogP contribution < -0.4 is 20.4 Å². The van der Waals surface area contributed by atoms with Crippen molar-refractivity contribution in [3.63, 3.8) is 0 Å². The van der Waals surface area contributed by atoms with Crippen LogP contribution in [-0.4, -0.2) is 64.6 Å². The number of pyridine rings is 4. The molecular formula is C36H32Cu2N6O16+2. The second-order valence-electron chi connectivity index (χ2n) is 9.92. The molecule has 10 N–H and O–H groups in total. The van der Waals surface area contributed by atoms with Gasteiger partial charge in [0.25, 0.3) is 11.4 Å². The molecule has 0 fully saturated rings. The van der Waals surface area contributed by atoms with Crippen molar-refractivity contribution in [3.8, 4) is 22.8 Å². The average Bonchev–Trinajstić information content (AvgIpc) is 3.19. The molecule has 4 heterocycles. The third kappa shape index (κ3) is 17.4. The summed E-state index contributed by atoms with van der Waals surface area (Å²) in [6.07, 6.45) is 7.07. The van der Waals surface area contributed by atoms with Crippen molar-refractivity contribution in [2.45, 2.75) is 0 Å². The van der Waals surface area contributed by atoms with Crippen LogP contribution >= 0.6 is 0 Å². The summed E-state index contributed by atoms with van der Waals surface area (Å²) in [6.45, 7) is 0. The predicted octanol–water partition coefficient (Wildman–Crippen LogP) is -2.57. The Bertz CT molecular complexity index is 1960. The van der Waals surface area contributed by atoms with Crippen LogP contribution in [0.3, 0.4) is 0 Å². The molecule has 6 rings (SSSR count). The van der Waals surface area contributed by atoms with Gasteiger partial charge < -0.3 is 61.5 Å². The van der Waals surface area contributed by atoms with Gasteiger partial charge in [0, 0.05) is 48.0 Å². The Hall–Kier alpha value is -7.40. The monoisotopic (exact) mass is 930 g/mol. The summed E-state index contributed by atoms with van der Waals surface area (Å²) in [7, 11) is 0. The van der Waals surface area contributed by atoms with E-state index in [-0.39, 0.29) is 56.0 Å². The summed E-state index contributed by atoms with van der Waals surface area (Å²) < 4.78 is 0. The van der Waals surface area contributed by atoms with Crippen molar-refractivity contribution in [1.82, 2.24) is 19.9 Å². The van der Waals surface area contributed by atoms with E-state index in [0.29, 0.717) is 0 Å². The van der Waals surface area contributed by atoms with Gasteiger partial charge in [-0.05, 0) is 48.5 Å². The third-order valence-corrected chi connectivity index (χ3v) is 6.51. The number of rotatable bonds is 8. The van der Waals surface area contributed by atoms with Crippen LogP contribution in [0.4, 0.5) is 11.4 Å². The summed E-state index contributed by atoms with van der Waals surface area (Å²) >= 11 is 0. The van der Waals surface area contributed by atoms with Crippen LogP contribution in [0.2, 0.25) is 0 Å². The van der Waals surface area contributed by atoms with Crippen molar-refractivity contribution in [1.29, 1.82) is 0 Å². The molecule has 2 radical (unpaired) electrons. The maximum atomic E-state index is 10.5. The zero-order valence-electron chi connectivity index (χ0n) is 30.0. The van der Waals surface area contributed by atoms with Crippen molar-refractivity contribution >= 4 is 35.3 Å². The minimum absolute atomic E-state index is 0. The molecule has 0 spiro atoms. The first-order chi connectivity index (χ1) is 25.8. The van der Waals surface area contributed by atoms with Crippen molar-refractivity contribution in [3.05, 3.63) is 176 Å². The van der Waals surface area contributed by atoms with Crippen LogP contribution in [0.5, 0.6) is 0 Å². The number of carboxylic acid groups (broad SMARTS) is 4. The van der Waals surface area contributed by atoms with Crippen LogP contribution in [0.25, 0.3) is 22.8 Å². The molecule has 60 heavy (non-hydrogen) atoms. The number of aromatic nitrogens is 4. The molecule has 6 aromatic rings. The average molecular weight is 932 g/mol. The molecule has 0 amide bonds. The largest absolute Gasteiger partial charge is 2.00 e. The molecular weight excluding hydrogens is 900 g/mol. The minimum atomic E-state index is -1.93. The number of hydrogen-bond acceptors (Lipinski definition) is 16. The summed E-state index contributed by atoms with van der Waals surface area (Å²) in [4.78, 5) is 77.6. The summed E-state index contributed by atoms with van der Waals surface area (Å²) in [5.74, 6) is -7.47. The zero-order chi connectivity index (χ0) is 39.6. The molecule has 0 aliphatic heterocycles. The summed E-state index contributed by atoms with van der Waals surface area (Å²) in [5, 5.41) is 62.8. The number of carbonyl (C=O) groups excluding carboxylic acids is 4. The molecule has 22 nitrogen and oxygen atoms in total. The van der Waals surface area contributed by atoms with E-state index in [1.165, 1.54) is 0 Å². The van der Waals surface area contributed by atoms with Gasteiger partial charge in [-0.15, -0.1) is 0 Å². The summed E-state index contributed by atoms with van der Waals surface area (Å²) in [6, 6.07) is 28.8. The standard InChI is InChI=1S/2C10H8N2.2C8H5NO6.2Cu.4H2O/c2*1-3-7-11-9(5-1)10-6-2-4-8-12-10;2*10-7(11)4-2-1-3-5(9(14)15)6(4)8(12)13;;;;;;/h2*1-8H;2*1-3H,(H,10,11)(H,12,13);;;4*1H2/q;;;;2*+2;;;;/p-2. The minimum Gasteiger partial charge on any atom is -0.545 e. The molecule has 24 heteroatoms. The van der Waals surface area contributed by atoms with E-state index < -0.39 is 67.4 Å². The van der Waals surface area contributed by atoms with Gasteiger partial charge >= 0.3 is 34.1 Å². The van der Waals surface area contributed by atoms with E-state index in [4.69, 9.17) is 0 Å². The molecule has 0 saturated heterocycles. The Morgan fingerprint density at radius 1 is 0.400 bits per heavy atom. The topological polar surface area (TPSA) is 427 Å². The van der Waals surface area contributed by atoms with Gasteiger partial charge in [-0.25, -0.2) is 0 Å². The van der Waals surface area contributed by atoms with Gasteiger partial charge in [0.05, 0.1) is 67.6 Å². The van der Waals surface area contributed by atoms with Crippen LogP contribution in [-0.2, 0) is 45.1 Å². The first-order valence-corrected chi connectivity index (χ1v) is 14.9. The van der Waals surface area contributed by atoms with Gasteiger partial charge in [-0.2, -0.15) is 0 Å². The number of nitro groups is 2. The van der Waals surface area contributed by atoms with Gasteiger partial charge in [0.1, 0.15) is 0 Å². The van der Waals surface area contributed by atoms with Crippen LogP contribution in [0.15, 0.2) is 134 Å². The molecule has 322 valence electrons. The fourth-order valence-corrected chi connectivity index (χ4v) is 4.21. The number of nitro benzene ring substituents is 2. The van der Waals surface area contributed by atoms with Crippen molar-refractivity contribution in [2.75, 3.05) is 0 Å². The molecule has 0 bridgehead atoms. The molecule has 0 aliphatic rings. The Balaban J connectivity index is -0.000000338. The quantitative estimate of drug-likeness (QED) is 0.0655. The number of aromatic carboxylic acids is 4. The Labute approximate surface area is 358 Å². The van der Waals surface area contributed by atoms with E-state index in [2.05, 4.69) is 19.9 Å². The number of carbonyl (C=O) groups is 4. The van der Waals surface area contributed by atoms with Crippen LogP contribution in [0.1, 0.15) is 41.4 Å². The maximum Gasteiger partial charge on any atom is 2.00 e. The molecule has 4 aromatic heterocycles. The predicted molar refractivity (Wildman–Crippen MR) is 195 cm³/mol. The smallest absolute Gasteiger partial charge is 0.545 e. The number of hydrogen-bond donors (Lipinski definition) is 0. The Morgan fingerprint density at radius 2 is 0.650 bits per heavy atom. The molecule has 0 unspecified atom stereocenters. The SMILES string of the molecule is O.O.O=C([O-])c1cccc([N+](=O)[O-])c1C(=O)[O-].O=C([O-])c1cccc([N+](=O)[O-])c1C(=O)[O-].[Cu+2].[Cu+2].[OH3+].[OH3+].c1ccc(-c2ccccn2)nc1.c1ccc(-c2ccccn2)nc1. The number of nitrogens with zero attached hydrogens (tertiary/aromatic N) is 6. The number of benzene rings is 2. The van der Waals surface area contributed by atoms with E-state index >= 15 is 0 Å². The second-order valence-corrected chi connectivity index (χ2v) is 9.92. The second kappa shape index (κ2) is 29.8. The molecule has 2 aromatic carbocycles. The first-order valence-electron chi connectivity index (χ1n) is 14.9. The van der Waals surface area contributed by atoms with Gasteiger partial charge in [-0.1, -0.05) is 48.5 Å². The van der Waals surface area contributed by atoms with Crippen LogP contribution in [0, 0.1) is 20.2 Å². The van der Waals surface area contributed by atoms with E-state index in [1.54, 1.807) is 24.8 Å². The Kier molecular flexibility index (Phi) is 29.4. The molecule has 0 saturated carbocycles. The first kappa shape index (κ1) is 59.3. The fourth-order valence-electron chi connectivity index (χ4n) is 4.21. The van der Waals surface area contributed by atoms with Crippen molar-refractivity contribution in [2.24, 2.45) is 0 Å². The van der Waals surface area contributed by atoms with Gasteiger partial charge in [0.2, 0.25) is 0 Å². The maximum absolute atomic E-state index is 10.5. The summed E-state index contributed by atoms with van der Waals surface area (Å²) in [5.41, 5.74) is -1.53. The van der Waals surface area contributed by atoms with Gasteiger partial charge in [-0.3, -0.25) is 40.2 Å². The fraction of sp³-hybridized carbons (Fsp3) is 0. The van der Waals surface area contributed by atoms with E-state index in [1.807, 2.05) is 72.8 Å². The zero-order valence-corrected chi connectivity index (χ0v) is 31.9. The Morgan fingerprint density at radius 3 is 0.817 bits per heavy atom. The number of carboxylic acids is 4.